The first-order valence-corrected chi connectivity index (χ1v) is 21.6. The van der Waals surface area contributed by atoms with Gasteiger partial charge in [0.1, 0.15) is 11.5 Å². The summed E-state index contributed by atoms with van der Waals surface area (Å²) in [6.07, 6.45) is 37.7. The maximum absolute atomic E-state index is 7.56. The average Bonchev–Trinajstić information content (AvgIpc) is 3.56. The van der Waals surface area contributed by atoms with Crippen molar-refractivity contribution in [2.75, 3.05) is 0 Å². The molecule has 0 spiro atoms. The predicted molar refractivity (Wildman–Crippen MR) is 233 cm³/mol. The van der Waals surface area contributed by atoms with E-state index in [1.54, 1.807) is 5.57 Å². The van der Waals surface area contributed by atoms with Crippen LogP contribution in [0.5, 0.6) is 5.75 Å². The summed E-state index contributed by atoms with van der Waals surface area (Å²) in [4.78, 5) is 0. The van der Waals surface area contributed by atoms with Crippen LogP contribution in [0.25, 0.3) is 32.9 Å². The molecule has 0 amide bonds. The van der Waals surface area contributed by atoms with Gasteiger partial charge in [-0.1, -0.05) is 129 Å². The average molecular weight is 740 g/mol. The van der Waals surface area contributed by atoms with Gasteiger partial charge in [0.2, 0.25) is 0 Å². The molecule has 7 atom stereocenters. The maximum atomic E-state index is 7.56. The molecule has 6 aliphatic rings. The number of nitrogens with zero attached hydrogens (tertiary/aromatic N) is 1. The highest BCUT2D eigenvalue weighted by Gasteiger charge is 2.49. The van der Waals surface area contributed by atoms with Crippen molar-refractivity contribution in [1.82, 2.24) is 4.57 Å². The van der Waals surface area contributed by atoms with Crippen LogP contribution in [0.4, 0.5) is 0 Å². The molecule has 4 aromatic rings. The highest BCUT2D eigenvalue weighted by atomic mass is 16.5. The Bertz CT molecular complexity index is 2390. The first-order valence-electron chi connectivity index (χ1n) is 21.6. The van der Waals surface area contributed by atoms with Crippen molar-refractivity contribution in [3.8, 4) is 16.9 Å². The van der Waals surface area contributed by atoms with Gasteiger partial charge >= 0.3 is 0 Å². The molecule has 56 heavy (non-hydrogen) atoms. The smallest absolute Gasteiger partial charge is 0.130 e. The Morgan fingerprint density at radius 3 is 2.57 bits per heavy atom. The molecule has 0 radical (unpaired) electrons. The number of fused-ring (bicyclic) bond motifs is 6. The molecule has 3 nitrogen and oxygen atoms in total. The van der Waals surface area contributed by atoms with Gasteiger partial charge in [0.05, 0.1) is 23.3 Å². The molecule has 3 heteroatoms. The van der Waals surface area contributed by atoms with Gasteiger partial charge in [-0.2, -0.15) is 0 Å². The van der Waals surface area contributed by atoms with Crippen LogP contribution in [0, 0.1) is 23.2 Å². The minimum absolute atomic E-state index is 0.0525. The van der Waals surface area contributed by atoms with Gasteiger partial charge in [-0.3, -0.25) is 0 Å². The van der Waals surface area contributed by atoms with Crippen molar-refractivity contribution < 1.29 is 9.47 Å². The molecule has 0 saturated carbocycles. The number of ether oxygens (including phenoxy) is 2. The Balaban J connectivity index is 1.14. The molecular formula is C53H57NO2. The minimum atomic E-state index is -0.264. The zero-order valence-electron chi connectivity index (χ0n) is 33.6. The van der Waals surface area contributed by atoms with Gasteiger partial charge in [0, 0.05) is 34.0 Å². The summed E-state index contributed by atoms with van der Waals surface area (Å²) in [5.74, 6) is 3.59. The van der Waals surface area contributed by atoms with Crippen LogP contribution in [-0.4, -0.2) is 16.3 Å². The van der Waals surface area contributed by atoms with Crippen molar-refractivity contribution in [2.45, 2.75) is 109 Å². The molecule has 2 heterocycles. The molecule has 7 unspecified atom stereocenters. The standard InChI is InChI=1S/C53H57NO2/c1-36-23-24-41-33-40-26-25-39(44-20-14-22-47-51(44)45-19-10-11-21-46(45)54(47)43-17-8-5-9-18-43)34-49(40)55-48-28-27-38(37-15-6-4-7-16-37)32-42(48)35-52(2)29-12-13-30-53(52,3)56-50(41)31-36/h4-6,8-14,17,19-26,32,34,36-37,41,43,50H,7,15-16,18,27-31,33,35H2,1-3H3. The van der Waals surface area contributed by atoms with Crippen molar-refractivity contribution in [3.63, 3.8) is 0 Å². The normalized spacial score (nSPS) is 31.5. The maximum Gasteiger partial charge on any atom is 0.130 e. The zero-order valence-corrected chi connectivity index (χ0v) is 33.6. The van der Waals surface area contributed by atoms with E-state index >= 15 is 0 Å². The lowest BCUT2D eigenvalue weighted by Gasteiger charge is -2.51. The molecule has 10 rings (SSSR count). The fourth-order valence-electron chi connectivity index (χ4n) is 11.0. The fourth-order valence-corrected chi connectivity index (χ4v) is 11.0. The number of para-hydroxylation sites is 1. The quantitative estimate of drug-likeness (QED) is 0.195. The molecule has 0 fully saturated rings. The van der Waals surface area contributed by atoms with Crippen LogP contribution in [-0.2, 0) is 11.2 Å². The second-order valence-corrected chi connectivity index (χ2v) is 18.2. The first-order chi connectivity index (χ1) is 27.4. The number of benzene rings is 3. The zero-order chi connectivity index (χ0) is 37.9. The molecular weight excluding hydrogens is 683 g/mol. The van der Waals surface area contributed by atoms with E-state index < -0.39 is 0 Å². The van der Waals surface area contributed by atoms with Crippen molar-refractivity contribution in [3.05, 3.63) is 150 Å². The number of rotatable bonds is 3. The summed E-state index contributed by atoms with van der Waals surface area (Å²) in [6, 6.07) is 23.2. The van der Waals surface area contributed by atoms with Gasteiger partial charge < -0.3 is 14.0 Å². The highest BCUT2D eigenvalue weighted by Crippen LogP contribution is 2.52. The molecule has 0 saturated heterocycles. The van der Waals surface area contributed by atoms with Crippen LogP contribution in [0.2, 0.25) is 0 Å². The number of allylic oxidation sites excluding steroid dienone is 12. The molecule has 286 valence electrons. The second kappa shape index (κ2) is 14.4. The fraction of sp³-hybridized carbons (Fsp3) is 0.396. The Kier molecular flexibility index (Phi) is 9.21. The largest absolute Gasteiger partial charge is 0.461 e. The van der Waals surface area contributed by atoms with E-state index in [1.165, 1.54) is 56.9 Å². The predicted octanol–water partition coefficient (Wildman–Crippen LogP) is 13.9. The molecule has 0 N–H and O–H groups in total. The number of hydrogen-bond donors (Lipinski definition) is 0. The summed E-state index contributed by atoms with van der Waals surface area (Å²) < 4.78 is 17.6. The Morgan fingerprint density at radius 2 is 1.70 bits per heavy atom. The van der Waals surface area contributed by atoms with Crippen LogP contribution < -0.4 is 4.74 Å². The summed E-state index contributed by atoms with van der Waals surface area (Å²) >= 11 is 0. The van der Waals surface area contributed by atoms with Crippen LogP contribution >= 0.6 is 0 Å². The van der Waals surface area contributed by atoms with E-state index in [1.807, 2.05) is 0 Å². The number of hydrogen-bond acceptors (Lipinski definition) is 2. The van der Waals surface area contributed by atoms with Gasteiger partial charge in [0.25, 0.3) is 0 Å². The van der Waals surface area contributed by atoms with Gasteiger partial charge in [-0.15, -0.1) is 0 Å². The number of aromatic nitrogens is 1. The van der Waals surface area contributed by atoms with Crippen LogP contribution in [0.1, 0.15) is 96.6 Å². The second-order valence-electron chi connectivity index (χ2n) is 18.2. The van der Waals surface area contributed by atoms with E-state index in [0.717, 1.165) is 69.3 Å². The molecule has 3 aromatic carbocycles. The van der Waals surface area contributed by atoms with E-state index in [9.17, 15) is 0 Å². The Morgan fingerprint density at radius 1 is 0.804 bits per heavy atom. The lowest BCUT2D eigenvalue weighted by Crippen LogP contribution is -2.51. The topological polar surface area (TPSA) is 23.4 Å². The van der Waals surface area contributed by atoms with Crippen LogP contribution in [0.15, 0.2) is 144 Å². The van der Waals surface area contributed by atoms with Crippen LogP contribution in [0.3, 0.4) is 0 Å². The molecule has 0 bridgehead atoms. The lowest BCUT2D eigenvalue weighted by molar-refractivity contribution is -0.169. The molecule has 1 aliphatic heterocycles. The lowest BCUT2D eigenvalue weighted by atomic mass is 9.63. The van der Waals surface area contributed by atoms with Crippen molar-refractivity contribution in [1.29, 1.82) is 0 Å². The Labute approximate surface area is 333 Å². The van der Waals surface area contributed by atoms with E-state index in [4.69, 9.17) is 9.47 Å². The van der Waals surface area contributed by atoms with Gasteiger partial charge in [-0.25, -0.2) is 0 Å². The molecule has 1 aromatic heterocycles. The summed E-state index contributed by atoms with van der Waals surface area (Å²) in [6.45, 7) is 7.27. The van der Waals surface area contributed by atoms with Crippen molar-refractivity contribution >= 4 is 21.8 Å². The monoisotopic (exact) mass is 739 g/mol. The van der Waals surface area contributed by atoms with Crippen molar-refractivity contribution in [2.24, 2.45) is 23.2 Å². The van der Waals surface area contributed by atoms with Gasteiger partial charge in [-0.05, 0) is 123 Å². The Hall–Kier alpha value is -4.60. The van der Waals surface area contributed by atoms with E-state index in [-0.39, 0.29) is 23.0 Å². The van der Waals surface area contributed by atoms with Gasteiger partial charge in [0.15, 0.2) is 0 Å². The third kappa shape index (κ3) is 6.31. The minimum Gasteiger partial charge on any atom is -0.461 e. The van der Waals surface area contributed by atoms with E-state index in [0.29, 0.717) is 17.9 Å². The third-order valence-electron chi connectivity index (χ3n) is 14.5. The summed E-state index contributed by atoms with van der Waals surface area (Å²) in [5.41, 5.74) is 9.02. The summed E-state index contributed by atoms with van der Waals surface area (Å²) in [5, 5.41) is 2.63. The van der Waals surface area contributed by atoms with E-state index in [2.05, 4.69) is 153 Å². The highest BCUT2D eigenvalue weighted by molar-refractivity contribution is 6.15. The molecule has 5 aliphatic carbocycles. The first kappa shape index (κ1) is 35.8. The SMILES string of the molecule is CC1C=CC2Cc3ccc(-c4cccc5c4c4ccccc4n5C4C=CC=CC4)cc3OC3=C(C=C(C4CC=CCC4)CC3)CC3(C)CC=CCC3(C)OC2C1. The third-order valence-corrected chi connectivity index (χ3v) is 14.5. The summed E-state index contributed by atoms with van der Waals surface area (Å²) in [7, 11) is 0.